The SMILES string of the molecule is O=C(CCCc1c[nH]c2ccccc12)N1CCC2(CCC2O)CC1. The van der Waals surface area contributed by atoms with Crippen LogP contribution in [0.1, 0.15) is 44.1 Å². The second-order valence-electron chi connectivity index (χ2n) is 7.51. The molecule has 2 aromatic rings. The number of benzene rings is 1. The summed E-state index contributed by atoms with van der Waals surface area (Å²) in [6.45, 7) is 1.64. The minimum absolute atomic E-state index is 0.128. The van der Waals surface area contributed by atoms with E-state index >= 15 is 0 Å². The van der Waals surface area contributed by atoms with E-state index in [1.54, 1.807) is 0 Å². The number of aryl methyl sites for hydroxylation is 1. The van der Waals surface area contributed by atoms with Crippen LogP contribution in [0.25, 0.3) is 10.9 Å². The van der Waals surface area contributed by atoms with Crippen LogP contribution in [0.4, 0.5) is 0 Å². The highest BCUT2D eigenvalue weighted by Crippen LogP contribution is 2.49. The molecule has 1 aromatic heterocycles. The second kappa shape index (κ2) is 6.25. The van der Waals surface area contributed by atoms with E-state index in [0.717, 1.165) is 51.6 Å². The number of fused-ring (bicyclic) bond motifs is 1. The van der Waals surface area contributed by atoms with Crippen molar-refractivity contribution in [3.63, 3.8) is 0 Å². The first-order chi connectivity index (χ1) is 11.7. The lowest BCUT2D eigenvalue weighted by Crippen LogP contribution is -2.53. The predicted octanol–water partition coefficient (Wildman–Crippen LogP) is 3.25. The van der Waals surface area contributed by atoms with Gasteiger partial charge in [-0.25, -0.2) is 0 Å². The van der Waals surface area contributed by atoms with Crippen LogP contribution in [0, 0.1) is 5.41 Å². The lowest BCUT2D eigenvalue weighted by molar-refractivity contribution is -0.141. The number of nitrogens with zero attached hydrogens (tertiary/aromatic N) is 1. The second-order valence-corrected chi connectivity index (χ2v) is 7.51. The molecule has 1 saturated heterocycles. The molecule has 1 spiro atoms. The van der Waals surface area contributed by atoms with Crippen LogP contribution >= 0.6 is 0 Å². The standard InChI is InChI=1S/C20H26N2O2/c23-18-8-9-20(18)10-12-22(13-11-20)19(24)7-3-4-15-14-21-17-6-2-1-5-16(15)17/h1-2,5-6,14,18,21,23H,3-4,7-13H2. The zero-order valence-electron chi connectivity index (χ0n) is 14.1. The number of aliphatic hydroxyl groups excluding tert-OH is 1. The van der Waals surface area contributed by atoms with Crippen molar-refractivity contribution in [3.8, 4) is 0 Å². The summed E-state index contributed by atoms with van der Waals surface area (Å²) in [6, 6.07) is 8.32. The quantitative estimate of drug-likeness (QED) is 0.906. The van der Waals surface area contributed by atoms with E-state index in [1.807, 2.05) is 11.0 Å². The van der Waals surface area contributed by atoms with Gasteiger partial charge in [0.05, 0.1) is 6.10 Å². The number of aromatic nitrogens is 1. The van der Waals surface area contributed by atoms with Gasteiger partial charge in [-0.15, -0.1) is 0 Å². The van der Waals surface area contributed by atoms with Gasteiger partial charge in [0.25, 0.3) is 0 Å². The number of piperidine rings is 1. The molecular formula is C20H26N2O2. The molecule has 1 aliphatic heterocycles. The summed E-state index contributed by atoms with van der Waals surface area (Å²) in [4.78, 5) is 17.7. The van der Waals surface area contributed by atoms with Crippen LogP contribution < -0.4 is 0 Å². The van der Waals surface area contributed by atoms with Gasteiger partial charge in [0.1, 0.15) is 0 Å². The van der Waals surface area contributed by atoms with Crippen LogP contribution in [-0.4, -0.2) is 40.1 Å². The van der Waals surface area contributed by atoms with Crippen molar-refractivity contribution in [1.82, 2.24) is 9.88 Å². The average Bonchev–Trinajstić information content (AvgIpc) is 3.04. The number of amides is 1. The highest BCUT2D eigenvalue weighted by molar-refractivity contribution is 5.83. The molecule has 1 unspecified atom stereocenters. The van der Waals surface area contributed by atoms with Gasteiger partial charge in [-0.05, 0) is 55.6 Å². The van der Waals surface area contributed by atoms with E-state index in [4.69, 9.17) is 0 Å². The summed E-state index contributed by atoms with van der Waals surface area (Å²) in [7, 11) is 0. The van der Waals surface area contributed by atoms with Gasteiger partial charge in [0, 0.05) is 36.6 Å². The van der Waals surface area contributed by atoms with E-state index < -0.39 is 0 Å². The van der Waals surface area contributed by atoms with Crippen LogP contribution in [0.15, 0.2) is 30.5 Å². The normalized spacial score (nSPS) is 22.7. The number of carbonyl (C=O) groups is 1. The Balaban J connectivity index is 1.27. The molecule has 2 fully saturated rings. The number of para-hydroxylation sites is 1. The Morgan fingerprint density at radius 2 is 2.04 bits per heavy atom. The lowest BCUT2D eigenvalue weighted by Gasteiger charge is -2.51. The molecule has 0 bridgehead atoms. The average molecular weight is 326 g/mol. The molecule has 24 heavy (non-hydrogen) atoms. The third-order valence-corrected chi connectivity index (χ3v) is 6.25. The maximum absolute atomic E-state index is 12.4. The first-order valence-electron chi connectivity index (χ1n) is 9.19. The molecule has 1 atom stereocenters. The lowest BCUT2D eigenvalue weighted by atomic mass is 9.61. The Bertz CT molecular complexity index is 728. The molecule has 4 rings (SSSR count). The number of carbonyl (C=O) groups excluding carboxylic acids is 1. The third-order valence-electron chi connectivity index (χ3n) is 6.25. The first-order valence-corrected chi connectivity index (χ1v) is 9.19. The minimum Gasteiger partial charge on any atom is -0.393 e. The number of rotatable bonds is 4. The van der Waals surface area contributed by atoms with Crippen molar-refractivity contribution < 1.29 is 9.90 Å². The number of H-pyrrole nitrogens is 1. The van der Waals surface area contributed by atoms with Gasteiger partial charge in [0.2, 0.25) is 5.91 Å². The molecule has 1 amide bonds. The topological polar surface area (TPSA) is 56.3 Å². The Hall–Kier alpha value is -1.81. The molecule has 0 radical (unpaired) electrons. The van der Waals surface area contributed by atoms with Crippen molar-refractivity contribution in [3.05, 3.63) is 36.0 Å². The summed E-state index contributed by atoms with van der Waals surface area (Å²) >= 11 is 0. The van der Waals surface area contributed by atoms with Gasteiger partial charge in [-0.2, -0.15) is 0 Å². The van der Waals surface area contributed by atoms with E-state index in [2.05, 4.69) is 29.4 Å². The maximum atomic E-state index is 12.4. The Morgan fingerprint density at radius 1 is 1.25 bits per heavy atom. The number of hydrogen-bond donors (Lipinski definition) is 2. The molecule has 128 valence electrons. The van der Waals surface area contributed by atoms with Crippen LogP contribution in [-0.2, 0) is 11.2 Å². The molecule has 2 N–H and O–H groups in total. The van der Waals surface area contributed by atoms with Crippen molar-refractivity contribution in [1.29, 1.82) is 0 Å². The summed E-state index contributed by atoms with van der Waals surface area (Å²) in [6.07, 6.45) is 8.42. The molecule has 2 aliphatic rings. The summed E-state index contributed by atoms with van der Waals surface area (Å²) in [5, 5.41) is 11.2. The zero-order valence-corrected chi connectivity index (χ0v) is 14.1. The number of aromatic amines is 1. The third kappa shape index (κ3) is 2.73. The maximum Gasteiger partial charge on any atom is 0.222 e. The fourth-order valence-corrected chi connectivity index (χ4v) is 4.39. The van der Waals surface area contributed by atoms with Crippen molar-refractivity contribution in [2.24, 2.45) is 5.41 Å². The van der Waals surface area contributed by atoms with Crippen LogP contribution in [0.3, 0.4) is 0 Å². The van der Waals surface area contributed by atoms with Crippen LogP contribution in [0.5, 0.6) is 0 Å². The monoisotopic (exact) mass is 326 g/mol. The largest absolute Gasteiger partial charge is 0.393 e. The van der Waals surface area contributed by atoms with Crippen molar-refractivity contribution in [2.75, 3.05) is 13.1 Å². The Morgan fingerprint density at radius 3 is 2.75 bits per heavy atom. The van der Waals surface area contributed by atoms with Gasteiger partial charge >= 0.3 is 0 Å². The van der Waals surface area contributed by atoms with Crippen molar-refractivity contribution in [2.45, 2.75) is 51.0 Å². The number of likely N-dealkylation sites (tertiary alicyclic amines) is 1. The van der Waals surface area contributed by atoms with Gasteiger partial charge < -0.3 is 15.0 Å². The molecule has 1 aromatic carbocycles. The smallest absolute Gasteiger partial charge is 0.222 e. The molecule has 4 nitrogen and oxygen atoms in total. The van der Waals surface area contributed by atoms with Crippen LogP contribution in [0.2, 0.25) is 0 Å². The zero-order chi connectivity index (χ0) is 16.6. The molecule has 1 aliphatic carbocycles. The summed E-state index contributed by atoms with van der Waals surface area (Å²) < 4.78 is 0. The molecule has 2 heterocycles. The Labute approximate surface area is 142 Å². The number of hydrogen-bond acceptors (Lipinski definition) is 2. The van der Waals surface area contributed by atoms with Gasteiger partial charge in [-0.3, -0.25) is 4.79 Å². The molecular weight excluding hydrogens is 300 g/mol. The van der Waals surface area contributed by atoms with E-state index in [-0.39, 0.29) is 17.4 Å². The summed E-state index contributed by atoms with van der Waals surface area (Å²) in [5.41, 5.74) is 2.61. The van der Waals surface area contributed by atoms with E-state index in [9.17, 15) is 9.90 Å². The minimum atomic E-state index is -0.128. The fourth-order valence-electron chi connectivity index (χ4n) is 4.39. The highest BCUT2D eigenvalue weighted by Gasteiger charge is 2.47. The summed E-state index contributed by atoms with van der Waals surface area (Å²) in [5.74, 6) is 0.276. The number of aliphatic hydroxyl groups is 1. The van der Waals surface area contributed by atoms with E-state index in [1.165, 1.54) is 16.5 Å². The fraction of sp³-hybridized carbons (Fsp3) is 0.550. The van der Waals surface area contributed by atoms with Crippen molar-refractivity contribution >= 4 is 16.8 Å². The Kier molecular flexibility index (Phi) is 4.09. The predicted molar refractivity (Wildman–Crippen MR) is 94.7 cm³/mol. The van der Waals surface area contributed by atoms with Gasteiger partial charge in [0.15, 0.2) is 0 Å². The molecule has 1 saturated carbocycles. The van der Waals surface area contributed by atoms with E-state index in [0.29, 0.717) is 6.42 Å². The molecule has 4 heteroatoms. The highest BCUT2D eigenvalue weighted by atomic mass is 16.3. The van der Waals surface area contributed by atoms with Gasteiger partial charge in [-0.1, -0.05) is 18.2 Å². The number of nitrogens with one attached hydrogen (secondary N) is 1. The first kappa shape index (κ1) is 15.7.